The number of aromatic hydroxyl groups is 2. The number of aliphatic hydroxyl groups excluding tert-OH is 1. The first-order chi connectivity index (χ1) is 6.65. The lowest BCUT2D eigenvalue weighted by Crippen LogP contribution is -2.10. The van der Waals surface area contributed by atoms with E-state index in [1.807, 2.05) is 0 Å². The highest BCUT2D eigenvalue weighted by Crippen LogP contribution is 2.28. The molecule has 0 aliphatic carbocycles. The van der Waals surface area contributed by atoms with E-state index in [9.17, 15) is 10.2 Å². The van der Waals surface area contributed by atoms with Gasteiger partial charge in [0.1, 0.15) is 11.5 Å². The lowest BCUT2D eigenvalue weighted by molar-refractivity contribution is 0.279. The van der Waals surface area contributed by atoms with Crippen LogP contribution in [0.15, 0.2) is 18.2 Å². The molecule has 1 aromatic rings. The fourth-order valence-electron chi connectivity index (χ4n) is 1.31. The van der Waals surface area contributed by atoms with Crippen molar-refractivity contribution in [1.29, 1.82) is 0 Å². The number of aliphatic hydroxyl groups is 1. The zero-order valence-electron chi connectivity index (χ0n) is 7.85. The molecule has 0 aromatic heterocycles. The first-order valence-electron chi connectivity index (χ1n) is 4.53. The summed E-state index contributed by atoms with van der Waals surface area (Å²) in [6, 6.07) is 3.90. The van der Waals surface area contributed by atoms with Crippen LogP contribution in [0.4, 0.5) is 0 Å². The van der Waals surface area contributed by atoms with Crippen molar-refractivity contribution in [2.75, 3.05) is 6.61 Å². The number of nitrogens with two attached hydrogens (primary N) is 1. The molecule has 1 atom stereocenters. The average molecular weight is 197 g/mol. The first-order valence-corrected chi connectivity index (χ1v) is 4.53. The van der Waals surface area contributed by atoms with Crippen molar-refractivity contribution >= 4 is 0 Å². The first kappa shape index (κ1) is 10.8. The van der Waals surface area contributed by atoms with E-state index in [0.29, 0.717) is 18.4 Å². The summed E-state index contributed by atoms with van der Waals surface area (Å²) >= 11 is 0. The van der Waals surface area contributed by atoms with Crippen LogP contribution in [0.5, 0.6) is 11.5 Å². The van der Waals surface area contributed by atoms with Crippen LogP contribution in [0.25, 0.3) is 0 Å². The average Bonchev–Trinajstić information content (AvgIpc) is 2.18. The molecule has 0 amide bonds. The molecule has 0 saturated heterocycles. The predicted molar refractivity (Wildman–Crippen MR) is 53.0 cm³/mol. The van der Waals surface area contributed by atoms with Crippen molar-refractivity contribution in [3.05, 3.63) is 23.8 Å². The van der Waals surface area contributed by atoms with Gasteiger partial charge in [-0.05, 0) is 31.0 Å². The smallest absolute Gasteiger partial charge is 0.120 e. The fourth-order valence-corrected chi connectivity index (χ4v) is 1.31. The summed E-state index contributed by atoms with van der Waals surface area (Å²) in [5.41, 5.74) is 6.28. The summed E-state index contributed by atoms with van der Waals surface area (Å²) in [4.78, 5) is 0. The van der Waals surface area contributed by atoms with Gasteiger partial charge in [0.25, 0.3) is 0 Å². The summed E-state index contributed by atoms with van der Waals surface area (Å²) in [5.74, 6) is 0.158. The minimum absolute atomic E-state index is 0.0767. The lowest BCUT2D eigenvalue weighted by atomic mass is 10.0. The molecule has 0 bridgehead atoms. The number of rotatable bonds is 4. The Bertz CT molecular complexity index is 301. The molecule has 0 aliphatic rings. The van der Waals surface area contributed by atoms with E-state index < -0.39 is 0 Å². The van der Waals surface area contributed by atoms with Crippen molar-refractivity contribution in [3.63, 3.8) is 0 Å². The van der Waals surface area contributed by atoms with Crippen LogP contribution >= 0.6 is 0 Å². The maximum atomic E-state index is 9.45. The minimum atomic E-state index is -0.353. The van der Waals surface area contributed by atoms with Gasteiger partial charge in [-0.2, -0.15) is 0 Å². The summed E-state index contributed by atoms with van der Waals surface area (Å²) in [6.07, 6.45) is 1.16. The highest BCUT2D eigenvalue weighted by molar-refractivity contribution is 5.40. The lowest BCUT2D eigenvalue weighted by Gasteiger charge is -2.13. The molecule has 5 N–H and O–H groups in total. The Balaban J connectivity index is 2.77. The predicted octanol–water partition coefficient (Wildman–Crippen LogP) is 0.870. The molecule has 0 fully saturated rings. The van der Waals surface area contributed by atoms with E-state index in [0.717, 1.165) is 0 Å². The SMILES string of the molecule is N[C@@H](CCCO)c1cc(O)ccc1O. The van der Waals surface area contributed by atoms with Crippen LogP contribution in [0.3, 0.4) is 0 Å². The number of hydrogen-bond acceptors (Lipinski definition) is 4. The topological polar surface area (TPSA) is 86.7 Å². The molecule has 0 radical (unpaired) electrons. The van der Waals surface area contributed by atoms with Crippen LogP contribution in [-0.2, 0) is 0 Å². The van der Waals surface area contributed by atoms with Gasteiger partial charge in [0.2, 0.25) is 0 Å². The third-order valence-electron chi connectivity index (χ3n) is 2.08. The standard InChI is InChI=1S/C10H15NO3/c11-9(2-1-5-12)8-6-7(13)3-4-10(8)14/h3-4,6,9,12-14H,1-2,5,11H2/t9-/m0/s1. The van der Waals surface area contributed by atoms with Gasteiger partial charge in [-0.3, -0.25) is 0 Å². The molecule has 0 spiro atoms. The van der Waals surface area contributed by atoms with Gasteiger partial charge >= 0.3 is 0 Å². The maximum Gasteiger partial charge on any atom is 0.120 e. The van der Waals surface area contributed by atoms with Crippen molar-refractivity contribution in [3.8, 4) is 11.5 Å². The Morgan fingerprint density at radius 1 is 1.29 bits per heavy atom. The van der Waals surface area contributed by atoms with Crippen molar-refractivity contribution in [2.24, 2.45) is 5.73 Å². The Morgan fingerprint density at radius 2 is 2.00 bits per heavy atom. The second-order valence-corrected chi connectivity index (χ2v) is 3.22. The maximum absolute atomic E-state index is 9.45. The summed E-state index contributed by atoms with van der Waals surface area (Å²) < 4.78 is 0. The zero-order chi connectivity index (χ0) is 10.6. The van der Waals surface area contributed by atoms with Gasteiger partial charge in [-0.25, -0.2) is 0 Å². The number of phenolic OH excluding ortho intramolecular Hbond substituents is 2. The van der Waals surface area contributed by atoms with Crippen LogP contribution in [0, 0.1) is 0 Å². The number of benzene rings is 1. The van der Waals surface area contributed by atoms with Crippen LogP contribution in [-0.4, -0.2) is 21.9 Å². The largest absolute Gasteiger partial charge is 0.508 e. The van der Waals surface area contributed by atoms with Gasteiger partial charge in [0.05, 0.1) is 0 Å². The molecular weight excluding hydrogens is 182 g/mol. The molecule has 78 valence electrons. The highest BCUT2D eigenvalue weighted by atomic mass is 16.3. The normalized spacial score (nSPS) is 12.7. The van der Waals surface area contributed by atoms with E-state index >= 15 is 0 Å². The second kappa shape index (κ2) is 4.83. The highest BCUT2D eigenvalue weighted by Gasteiger charge is 2.10. The second-order valence-electron chi connectivity index (χ2n) is 3.22. The molecule has 4 heteroatoms. The molecule has 0 heterocycles. The molecule has 0 unspecified atom stereocenters. The van der Waals surface area contributed by atoms with Gasteiger partial charge in [0, 0.05) is 18.2 Å². The monoisotopic (exact) mass is 197 g/mol. The van der Waals surface area contributed by atoms with Crippen molar-refractivity contribution in [2.45, 2.75) is 18.9 Å². The Kier molecular flexibility index (Phi) is 3.73. The number of hydrogen-bond donors (Lipinski definition) is 4. The molecular formula is C10H15NO3. The van der Waals surface area contributed by atoms with E-state index in [-0.39, 0.29) is 24.1 Å². The van der Waals surface area contributed by atoms with E-state index in [4.69, 9.17) is 10.8 Å². The van der Waals surface area contributed by atoms with Gasteiger partial charge in [-0.15, -0.1) is 0 Å². The Morgan fingerprint density at radius 3 is 2.64 bits per heavy atom. The molecule has 0 aliphatic heterocycles. The summed E-state index contributed by atoms with van der Waals surface area (Å²) in [5, 5.41) is 27.3. The fraction of sp³-hybridized carbons (Fsp3) is 0.400. The van der Waals surface area contributed by atoms with E-state index in [1.54, 1.807) is 0 Å². The number of phenols is 2. The quantitative estimate of drug-likeness (QED) is 0.539. The molecule has 0 saturated carbocycles. The zero-order valence-corrected chi connectivity index (χ0v) is 7.85. The van der Waals surface area contributed by atoms with Gasteiger partial charge in [0.15, 0.2) is 0 Å². The van der Waals surface area contributed by atoms with Crippen molar-refractivity contribution in [1.82, 2.24) is 0 Å². The third-order valence-corrected chi connectivity index (χ3v) is 2.08. The van der Waals surface area contributed by atoms with Crippen LogP contribution in [0.2, 0.25) is 0 Å². The molecule has 14 heavy (non-hydrogen) atoms. The summed E-state index contributed by atoms with van der Waals surface area (Å²) in [6.45, 7) is 0.0767. The van der Waals surface area contributed by atoms with E-state index in [2.05, 4.69) is 0 Å². The van der Waals surface area contributed by atoms with Gasteiger partial charge < -0.3 is 21.1 Å². The third kappa shape index (κ3) is 2.61. The Labute approximate surface area is 82.6 Å². The van der Waals surface area contributed by atoms with Gasteiger partial charge in [-0.1, -0.05) is 0 Å². The Hall–Kier alpha value is -1.26. The summed E-state index contributed by atoms with van der Waals surface area (Å²) in [7, 11) is 0. The van der Waals surface area contributed by atoms with Crippen LogP contribution < -0.4 is 5.73 Å². The minimum Gasteiger partial charge on any atom is -0.508 e. The molecule has 1 rings (SSSR count). The molecule has 4 nitrogen and oxygen atoms in total. The van der Waals surface area contributed by atoms with Crippen LogP contribution in [0.1, 0.15) is 24.4 Å². The van der Waals surface area contributed by atoms with E-state index in [1.165, 1.54) is 18.2 Å². The van der Waals surface area contributed by atoms with Crippen molar-refractivity contribution < 1.29 is 15.3 Å². The molecule has 1 aromatic carbocycles.